The van der Waals surface area contributed by atoms with E-state index in [1.807, 2.05) is 12.3 Å². The average Bonchev–Trinajstić information content (AvgIpc) is 3.18. The molecule has 2 aliphatic rings. The lowest BCUT2D eigenvalue weighted by Gasteiger charge is -2.48. The highest BCUT2D eigenvalue weighted by molar-refractivity contribution is 5.15. The average molecular weight is 276 g/mol. The van der Waals surface area contributed by atoms with Crippen molar-refractivity contribution in [1.29, 1.82) is 0 Å². The van der Waals surface area contributed by atoms with E-state index in [1.165, 1.54) is 58.0 Å². The van der Waals surface area contributed by atoms with Crippen molar-refractivity contribution in [3.63, 3.8) is 0 Å². The van der Waals surface area contributed by atoms with Gasteiger partial charge in [0.1, 0.15) is 5.76 Å². The fourth-order valence-electron chi connectivity index (χ4n) is 4.33. The Kier molecular flexibility index (Phi) is 4.47. The summed E-state index contributed by atoms with van der Waals surface area (Å²) < 4.78 is 5.79. The number of furan rings is 1. The zero-order valence-electron chi connectivity index (χ0n) is 12.7. The van der Waals surface area contributed by atoms with Crippen molar-refractivity contribution in [2.75, 3.05) is 19.6 Å². The molecule has 1 aliphatic carbocycles. The summed E-state index contributed by atoms with van der Waals surface area (Å²) in [7, 11) is 0. The molecule has 1 aromatic rings. The highest BCUT2D eigenvalue weighted by atomic mass is 16.3. The summed E-state index contributed by atoms with van der Waals surface area (Å²) >= 11 is 0. The normalized spacial score (nSPS) is 24.9. The molecule has 1 saturated heterocycles. The first kappa shape index (κ1) is 14.2. The fourth-order valence-corrected chi connectivity index (χ4v) is 4.33. The van der Waals surface area contributed by atoms with Gasteiger partial charge < -0.3 is 9.73 Å². The number of hydrogen-bond donors (Lipinski definition) is 1. The number of likely N-dealkylation sites (N-methyl/N-ethyl adjacent to an activating group) is 1. The molecule has 112 valence electrons. The van der Waals surface area contributed by atoms with Gasteiger partial charge in [0.25, 0.3) is 0 Å². The zero-order valence-corrected chi connectivity index (χ0v) is 12.7. The molecule has 2 fully saturated rings. The van der Waals surface area contributed by atoms with Crippen LogP contribution in [0.25, 0.3) is 0 Å². The van der Waals surface area contributed by atoms with Crippen LogP contribution in [0.3, 0.4) is 0 Å². The first-order valence-electron chi connectivity index (χ1n) is 8.39. The number of nitrogens with one attached hydrogen (secondary N) is 1. The van der Waals surface area contributed by atoms with Crippen LogP contribution in [-0.4, -0.2) is 30.1 Å². The van der Waals surface area contributed by atoms with E-state index in [4.69, 9.17) is 4.42 Å². The monoisotopic (exact) mass is 276 g/mol. The third-order valence-electron chi connectivity index (χ3n) is 5.23. The molecule has 0 radical (unpaired) electrons. The van der Waals surface area contributed by atoms with E-state index >= 15 is 0 Å². The Morgan fingerprint density at radius 1 is 1.20 bits per heavy atom. The minimum Gasteiger partial charge on any atom is -0.468 e. The Labute approximate surface area is 122 Å². The molecule has 3 nitrogen and oxygen atoms in total. The molecular weight excluding hydrogens is 248 g/mol. The van der Waals surface area contributed by atoms with Crippen LogP contribution in [0.2, 0.25) is 0 Å². The van der Waals surface area contributed by atoms with E-state index in [9.17, 15) is 0 Å². The number of piperidine rings is 1. The molecule has 1 N–H and O–H groups in total. The molecule has 1 aliphatic heterocycles. The van der Waals surface area contributed by atoms with E-state index in [0.717, 1.165) is 12.3 Å². The lowest BCUT2D eigenvalue weighted by molar-refractivity contribution is 0.0299. The zero-order chi connectivity index (χ0) is 13.8. The van der Waals surface area contributed by atoms with E-state index in [0.29, 0.717) is 6.04 Å². The standard InChI is InChI=1S/C17H28N2O/c1-2-18-16(15-9-8-14-20-15)17(10-4-5-11-17)19-12-6-3-7-13-19/h8-9,14,16,18H,2-7,10-13H2,1H3. The molecule has 0 amide bonds. The first-order valence-corrected chi connectivity index (χ1v) is 8.39. The van der Waals surface area contributed by atoms with Crippen LogP contribution in [-0.2, 0) is 0 Å². The molecule has 2 heterocycles. The second-order valence-electron chi connectivity index (χ2n) is 6.36. The molecule has 1 unspecified atom stereocenters. The maximum atomic E-state index is 5.79. The lowest BCUT2D eigenvalue weighted by atomic mass is 9.83. The molecule has 0 bridgehead atoms. The SMILES string of the molecule is CCNC(c1ccco1)C1(N2CCCCC2)CCCC1. The summed E-state index contributed by atoms with van der Waals surface area (Å²) in [6.45, 7) is 5.74. The van der Waals surface area contributed by atoms with Gasteiger partial charge in [-0.1, -0.05) is 26.2 Å². The largest absolute Gasteiger partial charge is 0.468 e. The van der Waals surface area contributed by atoms with Crippen LogP contribution in [0.5, 0.6) is 0 Å². The van der Waals surface area contributed by atoms with Crippen molar-refractivity contribution in [3.05, 3.63) is 24.2 Å². The van der Waals surface area contributed by atoms with Gasteiger partial charge in [-0.3, -0.25) is 4.90 Å². The van der Waals surface area contributed by atoms with Gasteiger partial charge in [-0.05, 0) is 57.5 Å². The summed E-state index contributed by atoms with van der Waals surface area (Å²) in [6, 6.07) is 4.53. The van der Waals surface area contributed by atoms with Crippen LogP contribution < -0.4 is 5.32 Å². The Morgan fingerprint density at radius 2 is 1.95 bits per heavy atom. The molecule has 1 atom stereocenters. The molecule has 3 heteroatoms. The van der Waals surface area contributed by atoms with Gasteiger partial charge in [0, 0.05) is 5.54 Å². The number of hydrogen-bond acceptors (Lipinski definition) is 3. The summed E-state index contributed by atoms with van der Waals surface area (Å²) in [5, 5.41) is 3.73. The molecular formula is C17H28N2O. The van der Waals surface area contributed by atoms with Gasteiger partial charge >= 0.3 is 0 Å². The number of nitrogens with zero attached hydrogens (tertiary/aromatic N) is 1. The summed E-state index contributed by atoms with van der Waals surface area (Å²) in [5.74, 6) is 1.12. The summed E-state index contributed by atoms with van der Waals surface area (Å²) in [6.07, 6.45) is 11.3. The third-order valence-corrected chi connectivity index (χ3v) is 5.23. The van der Waals surface area contributed by atoms with Crippen molar-refractivity contribution >= 4 is 0 Å². The summed E-state index contributed by atoms with van der Waals surface area (Å²) in [5.41, 5.74) is 0.286. The maximum absolute atomic E-state index is 5.79. The summed E-state index contributed by atoms with van der Waals surface area (Å²) in [4.78, 5) is 2.78. The van der Waals surface area contributed by atoms with Gasteiger partial charge in [0.15, 0.2) is 0 Å². The van der Waals surface area contributed by atoms with Crippen molar-refractivity contribution in [3.8, 4) is 0 Å². The molecule has 3 rings (SSSR count). The Morgan fingerprint density at radius 3 is 2.55 bits per heavy atom. The van der Waals surface area contributed by atoms with Crippen molar-refractivity contribution in [1.82, 2.24) is 10.2 Å². The predicted octanol–water partition coefficient (Wildman–Crippen LogP) is 3.73. The molecule has 0 aromatic carbocycles. The maximum Gasteiger partial charge on any atom is 0.122 e. The van der Waals surface area contributed by atoms with Gasteiger partial charge in [-0.2, -0.15) is 0 Å². The van der Waals surface area contributed by atoms with Crippen LogP contribution in [0.4, 0.5) is 0 Å². The van der Waals surface area contributed by atoms with E-state index in [1.54, 1.807) is 0 Å². The van der Waals surface area contributed by atoms with Gasteiger partial charge in [-0.25, -0.2) is 0 Å². The van der Waals surface area contributed by atoms with Crippen LogP contribution in [0.15, 0.2) is 22.8 Å². The quantitative estimate of drug-likeness (QED) is 0.888. The number of rotatable bonds is 5. The van der Waals surface area contributed by atoms with Gasteiger partial charge in [0.2, 0.25) is 0 Å². The minimum atomic E-state index is 0.286. The molecule has 1 aromatic heterocycles. The molecule has 1 saturated carbocycles. The van der Waals surface area contributed by atoms with Gasteiger partial charge in [0.05, 0.1) is 12.3 Å². The Bertz CT molecular complexity index is 389. The third kappa shape index (κ3) is 2.53. The van der Waals surface area contributed by atoms with Gasteiger partial charge in [-0.15, -0.1) is 0 Å². The van der Waals surface area contributed by atoms with E-state index < -0.39 is 0 Å². The fraction of sp³-hybridized carbons (Fsp3) is 0.765. The minimum absolute atomic E-state index is 0.286. The van der Waals surface area contributed by atoms with Crippen LogP contribution >= 0.6 is 0 Å². The highest BCUT2D eigenvalue weighted by Crippen LogP contribution is 2.45. The van der Waals surface area contributed by atoms with Crippen LogP contribution in [0.1, 0.15) is 63.7 Å². The second-order valence-corrected chi connectivity index (χ2v) is 6.36. The van der Waals surface area contributed by atoms with Crippen molar-refractivity contribution in [2.45, 2.75) is 63.5 Å². The Balaban J connectivity index is 1.90. The Hall–Kier alpha value is -0.800. The molecule has 0 spiro atoms. The van der Waals surface area contributed by atoms with Crippen molar-refractivity contribution in [2.24, 2.45) is 0 Å². The van der Waals surface area contributed by atoms with Crippen LogP contribution in [0, 0.1) is 0 Å². The van der Waals surface area contributed by atoms with E-state index in [2.05, 4.69) is 23.2 Å². The number of likely N-dealkylation sites (tertiary alicyclic amines) is 1. The predicted molar refractivity (Wildman–Crippen MR) is 81.7 cm³/mol. The van der Waals surface area contributed by atoms with E-state index in [-0.39, 0.29) is 5.54 Å². The smallest absolute Gasteiger partial charge is 0.122 e. The topological polar surface area (TPSA) is 28.4 Å². The highest BCUT2D eigenvalue weighted by Gasteiger charge is 2.47. The van der Waals surface area contributed by atoms with Crippen molar-refractivity contribution < 1.29 is 4.42 Å². The second kappa shape index (κ2) is 6.31. The lowest BCUT2D eigenvalue weighted by Crippen LogP contribution is -2.56. The molecule has 20 heavy (non-hydrogen) atoms. The first-order chi connectivity index (χ1) is 9.87.